The minimum Gasteiger partial charge on any atom is -0.486 e. The minimum atomic E-state index is -3.55. The average Bonchev–Trinajstić information content (AvgIpc) is 3.45. The maximum absolute atomic E-state index is 13.6. The zero-order chi connectivity index (χ0) is 28.6. The second-order valence-electron chi connectivity index (χ2n) is 10.8. The molecule has 1 aliphatic heterocycles. The Kier molecular flexibility index (Phi) is 7.30. The van der Waals surface area contributed by atoms with Crippen molar-refractivity contribution in [1.82, 2.24) is 29.1 Å². The number of aromatic nitrogens is 5. The van der Waals surface area contributed by atoms with Gasteiger partial charge in [0.1, 0.15) is 5.69 Å². The van der Waals surface area contributed by atoms with Crippen LogP contribution >= 0.6 is 11.6 Å². The van der Waals surface area contributed by atoms with Crippen LogP contribution in [0.3, 0.4) is 0 Å². The van der Waals surface area contributed by atoms with E-state index in [9.17, 15) is 13.2 Å². The van der Waals surface area contributed by atoms with Gasteiger partial charge in [0, 0.05) is 36.6 Å². The van der Waals surface area contributed by atoms with Gasteiger partial charge in [0.2, 0.25) is 15.8 Å². The lowest BCUT2D eigenvalue weighted by atomic mass is 10.2. The second-order valence-corrected chi connectivity index (χ2v) is 13.2. The van der Waals surface area contributed by atoms with E-state index in [2.05, 4.69) is 22.2 Å². The van der Waals surface area contributed by atoms with Crippen molar-refractivity contribution < 1.29 is 13.2 Å². The summed E-state index contributed by atoms with van der Waals surface area (Å²) in [5.41, 5.74) is 2.23. The van der Waals surface area contributed by atoms with E-state index < -0.39 is 10.0 Å². The van der Waals surface area contributed by atoms with E-state index in [1.54, 1.807) is 67.1 Å². The van der Waals surface area contributed by atoms with Crippen LogP contribution in [0.5, 0.6) is 5.75 Å². The second kappa shape index (κ2) is 10.9. The molecule has 0 bridgehead atoms. The molecule has 0 amide bonds. The number of rotatable bonds is 9. The first-order chi connectivity index (χ1) is 19.7. The highest BCUT2D eigenvalue weighted by molar-refractivity contribution is 7.88. The van der Waals surface area contributed by atoms with Crippen molar-refractivity contribution >= 4 is 27.3 Å². The predicted octanol–water partition coefficient (Wildman–Crippen LogP) is 3.30. The Hall–Kier alpha value is -3.74. The molecule has 2 fully saturated rings. The van der Waals surface area contributed by atoms with Gasteiger partial charge in [-0.3, -0.25) is 4.79 Å². The molecule has 1 saturated heterocycles. The molecule has 1 aliphatic carbocycles. The summed E-state index contributed by atoms with van der Waals surface area (Å²) in [7, 11) is -3.55. The van der Waals surface area contributed by atoms with Crippen molar-refractivity contribution in [2.75, 3.05) is 37.7 Å². The van der Waals surface area contributed by atoms with Crippen molar-refractivity contribution in [1.29, 1.82) is 0 Å². The number of benzene rings is 2. The number of hydrogen-bond acceptors (Lipinski definition) is 8. The van der Waals surface area contributed by atoms with Crippen LogP contribution < -0.4 is 15.2 Å². The number of piperazine rings is 1. The quantitative estimate of drug-likeness (QED) is 0.289. The molecule has 11 nitrogen and oxygen atoms in total. The summed E-state index contributed by atoms with van der Waals surface area (Å²) in [6, 6.07) is 14.1. The van der Waals surface area contributed by atoms with Gasteiger partial charge in [-0.1, -0.05) is 36.7 Å². The van der Waals surface area contributed by atoms with Crippen molar-refractivity contribution in [3.63, 3.8) is 0 Å². The summed E-state index contributed by atoms with van der Waals surface area (Å²) in [5.74, 6) is 0.112. The van der Waals surface area contributed by atoms with Gasteiger partial charge in [-0.05, 0) is 48.7 Å². The number of hydrogen-bond donors (Lipinski definition) is 0. The van der Waals surface area contributed by atoms with E-state index in [1.165, 1.54) is 13.8 Å². The van der Waals surface area contributed by atoms with Crippen molar-refractivity contribution in [2.24, 2.45) is 5.41 Å². The lowest BCUT2D eigenvalue weighted by Crippen LogP contribution is -2.49. The molecule has 0 spiro atoms. The fourth-order valence-electron chi connectivity index (χ4n) is 4.77. The SMILES string of the molecule is CC1(COc2c(N3CCN(S(=O)(=O)Cc4ccc(-n5nccn5)cc4)CC3)cnn(-c3cccc(Cl)c3)c2=O)CC1. The monoisotopic (exact) mass is 595 g/mol. The highest BCUT2D eigenvalue weighted by atomic mass is 35.5. The number of nitrogens with zero attached hydrogens (tertiary/aromatic N) is 7. The summed E-state index contributed by atoms with van der Waals surface area (Å²) in [4.78, 5) is 17.0. The zero-order valence-electron chi connectivity index (χ0n) is 22.6. The van der Waals surface area contributed by atoms with Gasteiger partial charge in [-0.25, -0.2) is 8.42 Å². The Morgan fingerprint density at radius 3 is 2.32 bits per heavy atom. The minimum absolute atomic E-state index is 0.0632. The fourth-order valence-corrected chi connectivity index (χ4v) is 6.47. The molecular weight excluding hydrogens is 566 g/mol. The molecule has 0 radical (unpaired) electrons. The summed E-state index contributed by atoms with van der Waals surface area (Å²) in [5, 5.41) is 13.1. The van der Waals surface area contributed by atoms with Crippen molar-refractivity contribution in [3.05, 3.63) is 88.1 Å². The third-order valence-electron chi connectivity index (χ3n) is 7.54. The third kappa shape index (κ3) is 5.99. The Labute approximate surface area is 243 Å². The van der Waals surface area contributed by atoms with Crippen LogP contribution in [-0.4, -0.2) is 70.3 Å². The van der Waals surface area contributed by atoms with Gasteiger partial charge in [0.05, 0.1) is 42.3 Å². The van der Waals surface area contributed by atoms with E-state index in [1.807, 2.05) is 4.90 Å². The first kappa shape index (κ1) is 27.4. The molecule has 3 heterocycles. The summed E-state index contributed by atoms with van der Waals surface area (Å²) < 4.78 is 35.5. The van der Waals surface area contributed by atoms with Gasteiger partial charge < -0.3 is 9.64 Å². The maximum Gasteiger partial charge on any atom is 0.316 e. The predicted molar refractivity (Wildman–Crippen MR) is 155 cm³/mol. The Morgan fingerprint density at radius 1 is 0.951 bits per heavy atom. The number of sulfonamides is 1. The van der Waals surface area contributed by atoms with Crippen molar-refractivity contribution in [2.45, 2.75) is 25.5 Å². The van der Waals surface area contributed by atoms with Crippen LogP contribution in [0.2, 0.25) is 5.02 Å². The molecule has 4 aromatic rings. The van der Waals surface area contributed by atoms with Crippen LogP contribution in [0, 0.1) is 5.41 Å². The Balaban J connectivity index is 1.18. The first-order valence-electron chi connectivity index (χ1n) is 13.4. The first-order valence-corrected chi connectivity index (χ1v) is 15.4. The molecule has 0 N–H and O–H groups in total. The van der Waals surface area contributed by atoms with E-state index in [0.29, 0.717) is 41.7 Å². The number of halogens is 1. The molecule has 0 atom stereocenters. The molecule has 1 saturated carbocycles. The highest BCUT2D eigenvalue weighted by Crippen LogP contribution is 2.45. The maximum atomic E-state index is 13.6. The molecule has 2 aromatic heterocycles. The number of anilines is 1. The van der Waals surface area contributed by atoms with E-state index >= 15 is 0 Å². The van der Waals surface area contributed by atoms with Gasteiger partial charge in [-0.2, -0.15) is 29.1 Å². The van der Waals surface area contributed by atoms with E-state index in [4.69, 9.17) is 16.3 Å². The summed E-state index contributed by atoms with van der Waals surface area (Å²) in [6.07, 6.45) is 6.89. The molecule has 41 heavy (non-hydrogen) atoms. The Morgan fingerprint density at radius 2 is 1.66 bits per heavy atom. The average molecular weight is 596 g/mol. The van der Waals surface area contributed by atoms with Crippen molar-refractivity contribution in [3.8, 4) is 17.1 Å². The van der Waals surface area contributed by atoms with Crippen LogP contribution in [-0.2, 0) is 15.8 Å². The van der Waals surface area contributed by atoms with E-state index in [0.717, 1.165) is 18.5 Å². The molecule has 0 unspecified atom stereocenters. The molecular formula is C28H30ClN7O4S. The third-order valence-corrected chi connectivity index (χ3v) is 9.63. The molecule has 214 valence electrons. The summed E-state index contributed by atoms with van der Waals surface area (Å²) >= 11 is 6.16. The van der Waals surface area contributed by atoms with Crippen LogP contribution in [0.1, 0.15) is 25.3 Å². The standard InChI is InChI=1S/C28H30ClN7O4S/c1-28(9-10-28)20-40-26-25(18-32-35(27(26)37)24-4-2-3-22(29)17-24)33-13-15-34(16-14-33)41(38,39)19-21-5-7-23(8-6-21)36-30-11-12-31-36/h2-8,11-12,17-18H,9-10,13-16,19-20H2,1H3. The van der Waals surface area contributed by atoms with Crippen LogP contribution in [0.15, 0.2) is 71.9 Å². The smallest absolute Gasteiger partial charge is 0.316 e. The normalized spacial score (nSPS) is 17.0. The van der Waals surface area contributed by atoms with Crippen LogP contribution in [0.4, 0.5) is 5.69 Å². The van der Waals surface area contributed by atoms with Crippen LogP contribution in [0.25, 0.3) is 11.4 Å². The molecule has 2 aromatic carbocycles. The molecule has 6 rings (SSSR count). The van der Waals surface area contributed by atoms with Gasteiger partial charge in [0.15, 0.2) is 0 Å². The Bertz CT molecular complexity index is 1700. The highest BCUT2D eigenvalue weighted by Gasteiger charge is 2.39. The lowest BCUT2D eigenvalue weighted by molar-refractivity contribution is 0.242. The number of ether oxygens (including phenoxy) is 1. The summed E-state index contributed by atoms with van der Waals surface area (Å²) in [6.45, 7) is 3.93. The largest absolute Gasteiger partial charge is 0.486 e. The topological polar surface area (TPSA) is 115 Å². The van der Waals surface area contributed by atoms with Gasteiger partial charge >= 0.3 is 5.56 Å². The molecule has 13 heteroatoms. The van der Waals surface area contributed by atoms with Gasteiger partial charge in [-0.15, -0.1) is 0 Å². The zero-order valence-corrected chi connectivity index (χ0v) is 24.1. The fraction of sp³-hybridized carbons (Fsp3) is 0.357. The molecule has 2 aliphatic rings. The van der Waals surface area contributed by atoms with E-state index in [-0.39, 0.29) is 35.6 Å². The van der Waals surface area contributed by atoms with Gasteiger partial charge in [0.25, 0.3) is 0 Å². The lowest BCUT2D eigenvalue weighted by Gasteiger charge is -2.35.